The number of nitrogens with zero attached hydrogens (tertiary/aromatic N) is 1. The van der Waals surface area contributed by atoms with Crippen LogP contribution >= 0.6 is 0 Å². The molecule has 1 amide bonds. The number of H-pyrrole nitrogens is 2. The van der Waals surface area contributed by atoms with Crippen LogP contribution in [0.2, 0.25) is 0 Å². The quantitative estimate of drug-likeness (QED) is 0.702. The van der Waals surface area contributed by atoms with E-state index in [2.05, 4.69) is 9.97 Å². The van der Waals surface area contributed by atoms with Gasteiger partial charge in [0.05, 0.1) is 6.04 Å². The molecule has 1 aromatic heterocycles. The summed E-state index contributed by atoms with van der Waals surface area (Å²) >= 11 is 0. The van der Waals surface area contributed by atoms with Gasteiger partial charge in [0.1, 0.15) is 5.56 Å². The van der Waals surface area contributed by atoms with Crippen molar-refractivity contribution in [2.24, 2.45) is 0 Å². The maximum absolute atomic E-state index is 12.2. The molecule has 7 heteroatoms. The predicted molar refractivity (Wildman–Crippen MR) is 78.7 cm³/mol. The molecule has 1 aliphatic heterocycles. The van der Waals surface area contributed by atoms with Crippen molar-refractivity contribution in [1.82, 2.24) is 14.9 Å². The molecular formula is C15H15N3O4. The summed E-state index contributed by atoms with van der Waals surface area (Å²) in [5.74, 6) is -0.716. The fraction of sp³-hybridized carbons (Fsp3) is 0.267. The average Bonchev–Trinajstić information content (AvgIpc) is 2.46. The van der Waals surface area contributed by atoms with Crippen molar-refractivity contribution in [3.8, 4) is 5.88 Å². The number of aromatic nitrogens is 2. The van der Waals surface area contributed by atoms with Crippen molar-refractivity contribution >= 4 is 5.91 Å². The Labute approximate surface area is 125 Å². The van der Waals surface area contributed by atoms with Gasteiger partial charge in [0.2, 0.25) is 11.8 Å². The van der Waals surface area contributed by atoms with Gasteiger partial charge in [0, 0.05) is 13.5 Å². The molecule has 1 atom stereocenters. The molecule has 114 valence electrons. The maximum Gasteiger partial charge on any atom is 0.328 e. The summed E-state index contributed by atoms with van der Waals surface area (Å²) in [4.78, 5) is 41.2. The van der Waals surface area contributed by atoms with Crippen LogP contribution in [0.1, 0.15) is 29.7 Å². The van der Waals surface area contributed by atoms with E-state index in [0.717, 1.165) is 11.1 Å². The molecule has 22 heavy (non-hydrogen) atoms. The van der Waals surface area contributed by atoms with Crippen molar-refractivity contribution in [3.63, 3.8) is 0 Å². The van der Waals surface area contributed by atoms with Crippen LogP contribution in [0.3, 0.4) is 0 Å². The summed E-state index contributed by atoms with van der Waals surface area (Å²) in [5.41, 5.74) is 0.271. The Balaban J connectivity index is 2.28. The van der Waals surface area contributed by atoms with E-state index in [1.807, 2.05) is 24.3 Å². The third-order valence-corrected chi connectivity index (χ3v) is 3.92. The van der Waals surface area contributed by atoms with Crippen LogP contribution in [0, 0.1) is 0 Å². The molecule has 0 radical (unpaired) electrons. The number of amides is 1. The lowest BCUT2D eigenvalue weighted by Crippen LogP contribution is -2.42. The average molecular weight is 301 g/mol. The number of hydrogen-bond donors (Lipinski definition) is 3. The summed E-state index contributed by atoms with van der Waals surface area (Å²) in [6, 6.07) is 6.72. The van der Waals surface area contributed by atoms with Gasteiger partial charge in [-0.25, -0.2) is 4.79 Å². The number of hydrogen-bond acceptors (Lipinski definition) is 4. The van der Waals surface area contributed by atoms with E-state index >= 15 is 0 Å². The Morgan fingerprint density at radius 3 is 2.68 bits per heavy atom. The van der Waals surface area contributed by atoms with Crippen LogP contribution in [0.5, 0.6) is 5.88 Å². The largest absolute Gasteiger partial charge is 0.494 e. The van der Waals surface area contributed by atoms with Crippen molar-refractivity contribution < 1.29 is 9.90 Å². The summed E-state index contributed by atoms with van der Waals surface area (Å²) in [6.45, 7) is 1.85. The van der Waals surface area contributed by atoms with E-state index < -0.39 is 23.2 Å². The van der Waals surface area contributed by atoms with Gasteiger partial charge in [-0.1, -0.05) is 24.3 Å². The summed E-state index contributed by atoms with van der Waals surface area (Å²) in [5, 5.41) is 10.0. The first-order chi connectivity index (χ1) is 10.5. The second-order valence-electron chi connectivity index (χ2n) is 5.23. The van der Waals surface area contributed by atoms with Gasteiger partial charge in [-0.2, -0.15) is 0 Å². The first kappa shape index (κ1) is 14.1. The first-order valence-corrected chi connectivity index (χ1v) is 6.89. The van der Waals surface area contributed by atoms with Crippen LogP contribution in [0.25, 0.3) is 0 Å². The molecule has 0 fully saturated rings. The monoisotopic (exact) mass is 301 g/mol. The Morgan fingerprint density at radius 2 is 2.00 bits per heavy atom. The molecule has 0 saturated heterocycles. The van der Waals surface area contributed by atoms with Gasteiger partial charge in [0.25, 0.3) is 5.56 Å². The van der Waals surface area contributed by atoms with Crippen molar-refractivity contribution in [2.45, 2.75) is 19.4 Å². The van der Waals surface area contributed by atoms with Gasteiger partial charge in [0.15, 0.2) is 0 Å². The lowest BCUT2D eigenvalue weighted by atomic mass is 9.89. The summed E-state index contributed by atoms with van der Waals surface area (Å²) in [7, 11) is 0. The van der Waals surface area contributed by atoms with Gasteiger partial charge < -0.3 is 10.0 Å². The third kappa shape index (κ3) is 2.20. The predicted octanol–water partition coefficient (Wildman–Crippen LogP) is 0.263. The molecule has 3 N–H and O–H groups in total. The van der Waals surface area contributed by atoms with Crippen LogP contribution in [-0.2, 0) is 11.2 Å². The second-order valence-corrected chi connectivity index (χ2v) is 5.23. The normalized spacial score (nSPS) is 17.1. The zero-order chi connectivity index (χ0) is 15.9. The minimum atomic E-state index is -0.787. The van der Waals surface area contributed by atoms with E-state index in [1.54, 1.807) is 0 Å². The van der Waals surface area contributed by atoms with Gasteiger partial charge in [-0.15, -0.1) is 0 Å². The van der Waals surface area contributed by atoms with E-state index in [9.17, 15) is 19.5 Å². The Morgan fingerprint density at radius 1 is 1.27 bits per heavy atom. The number of fused-ring (bicyclic) bond motifs is 1. The van der Waals surface area contributed by atoms with E-state index in [1.165, 1.54) is 11.8 Å². The second kappa shape index (κ2) is 5.18. The molecule has 0 unspecified atom stereocenters. The highest BCUT2D eigenvalue weighted by Gasteiger charge is 2.34. The molecule has 3 rings (SSSR count). The molecule has 0 aliphatic carbocycles. The van der Waals surface area contributed by atoms with Crippen LogP contribution < -0.4 is 11.2 Å². The lowest BCUT2D eigenvalue weighted by molar-refractivity contribution is -0.130. The van der Waals surface area contributed by atoms with Crippen molar-refractivity contribution in [1.29, 1.82) is 0 Å². The molecular weight excluding hydrogens is 286 g/mol. The number of carbonyl (C=O) groups excluding carboxylic acids is 1. The third-order valence-electron chi connectivity index (χ3n) is 3.92. The molecule has 0 spiro atoms. The van der Waals surface area contributed by atoms with Gasteiger partial charge >= 0.3 is 5.69 Å². The fourth-order valence-electron chi connectivity index (χ4n) is 2.95. The summed E-state index contributed by atoms with van der Waals surface area (Å²) in [6.07, 6.45) is 0.675. The zero-order valence-corrected chi connectivity index (χ0v) is 11.9. The number of aromatic hydroxyl groups is 1. The van der Waals surface area contributed by atoms with Crippen molar-refractivity contribution in [3.05, 3.63) is 61.8 Å². The lowest BCUT2D eigenvalue weighted by Gasteiger charge is -2.36. The molecule has 0 bridgehead atoms. The molecule has 7 nitrogen and oxygen atoms in total. The van der Waals surface area contributed by atoms with Crippen LogP contribution in [0.4, 0.5) is 0 Å². The maximum atomic E-state index is 12.2. The van der Waals surface area contributed by atoms with Crippen LogP contribution in [-0.4, -0.2) is 32.4 Å². The number of rotatable bonds is 1. The Kier molecular flexibility index (Phi) is 3.32. The minimum absolute atomic E-state index is 0.0260. The topological polar surface area (TPSA) is 106 Å². The molecule has 1 aromatic carbocycles. The number of aromatic amines is 2. The highest BCUT2D eigenvalue weighted by Crippen LogP contribution is 2.35. The SMILES string of the molecule is CC(=O)N1CCc2ccccc2[C@H]1c1c(O)[nH]c(=O)[nH]c1=O. The van der Waals surface area contributed by atoms with E-state index in [4.69, 9.17) is 0 Å². The highest BCUT2D eigenvalue weighted by atomic mass is 16.3. The van der Waals surface area contributed by atoms with Crippen LogP contribution in [0.15, 0.2) is 33.9 Å². The fourth-order valence-corrected chi connectivity index (χ4v) is 2.95. The molecule has 1 aliphatic rings. The number of benzene rings is 1. The van der Waals surface area contributed by atoms with E-state index in [-0.39, 0.29) is 11.5 Å². The number of carbonyl (C=O) groups is 1. The summed E-state index contributed by atoms with van der Waals surface area (Å²) < 4.78 is 0. The molecule has 2 heterocycles. The van der Waals surface area contributed by atoms with Crippen molar-refractivity contribution in [2.75, 3.05) is 6.54 Å². The van der Waals surface area contributed by atoms with E-state index in [0.29, 0.717) is 13.0 Å². The first-order valence-electron chi connectivity index (χ1n) is 6.89. The number of nitrogens with one attached hydrogen (secondary N) is 2. The molecule has 2 aromatic rings. The van der Waals surface area contributed by atoms with Gasteiger partial charge in [-0.05, 0) is 17.5 Å². The minimum Gasteiger partial charge on any atom is -0.494 e. The zero-order valence-electron chi connectivity index (χ0n) is 11.9. The Bertz CT molecular complexity index is 852. The van der Waals surface area contributed by atoms with Gasteiger partial charge in [-0.3, -0.25) is 19.6 Å². The Hall–Kier alpha value is -2.83. The standard InChI is InChI=1S/C15H15N3O4/c1-8(19)18-7-6-9-4-2-3-5-10(9)12(18)11-13(20)16-15(22)17-14(11)21/h2-5,12H,6-7H2,1H3,(H3,16,17,20,21,22)/t12-/m0/s1. The molecule has 0 saturated carbocycles. The smallest absolute Gasteiger partial charge is 0.328 e. The highest BCUT2D eigenvalue weighted by molar-refractivity contribution is 5.75.